The molecule has 1 aromatic carbocycles. The quantitative estimate of drug-likeness (QED) is 0.792. The molecule has 1 aromatic rings. The largest absolute Gasteiger partial charge is 0.314 e. The molecule has 1 aliphatic rings. The van der Waals surface area contributed by atoms with Crippen molar-refractivity contribution in [3.05, 3.63) is 29.8 Å². The Hall–Kier alpha value is -0.910. The van der Waals surface area contributed by atoms with Crippen molar-refractivity contribution < 1.29 is 8.42 Å². The smallest absolute Gasteiger partial charge is 0.240 e. The van der Waals surface area contributed by atoms with Crippen LogP contribution < -0.4 is 10.0 Å². The number of hydrogen-bond acceptors (Lipinski definition) is 3. The molecule has 1 fully saturated rings. The van der Waals surface area contributed by atoms with Gasteiger partial charge in [0, 0.05) is 6.04 Å². The molecule has 2 rings (SSSR count). The van der Waals surface area contributed by atoms with Crippen LogP contribution in [0.2, 0.25) is 0 Å². The van der Waals surface area contributed by atoms with Gasteiger partial charge in [-0.1, -0.05) is 12.1 Å². The predicted molar refractivity (Wildman–Crippen MR) is 67.4 cm³/mol. The van der Waals surface area contributed by atoms with E-state index < -0.39 is 10.0 Å². The number of hydrogen-bond donors (Lipinski definition) is 2. The van der Waals surface area contributed by atoms with E-state index in [4.69, 9.17) is 0 Å². The van der Waals surface area contributed by atoms with Gasteiger partial charge >= 0.3 is 0 Å². The van der Waals surface area contributed by atoms with Gasteiger partial charge in [-0.3, -0.25) is 0 Å². The first-order valence-electron chi connectivity index (χ1n) is 5.88. The molecule has 0 spiro atoms. The summed E-state index contributed by atoms with van der Waals surface area (Å²) in [7, 11) is -1.89. The van der Waals surface area contributed by atoms with Crippen LogP contribution in [0.15, 0.2) is 29.2 Å². The van der Waals surface area contributed by atoms with Crippen molar-refractivity contribution in [2.45, 2.75) is 30.2 Å². The summed E-state index contributed by atoms with van der Waals surface area (Å²) in [6.45, 7) is 0.961. The highest BCUT2D eigenvalue weighted by atomic mass is 32.2. The number of sulfonamides is 1. The molecule has 0 saturated heterocycles. The lowest BCUT2D eigenvalue weighted by Gasteiger charge is -2.05. The maximum absolute atomic E-state index is 11.5. The van der Waals surface area contributed by atoms with E-state index in [0.29, 0.717) is 4.90 Å². The molecular formula is C12H18N2O2S. The second-order valence-corrected chi connectivity index (χ2v) is 6.22. The third kappa shape index (κ3) is 3.52. The molecular weight excluding hydrogens is 236 g/mol. The number of nitrogens with one attached hydrogen (secondary N) is 2. The Bertz CT molecular complexity index is 464. The Morgan fingerprint density at radius 1 is 1.24 bits per heavy atom. The Balaban J connectivity index is 1.92. The summed E-state index contributed by atoms with van der Waals surface area (Å²) in [6, 6.07) is 7.77. The van der Waals surface area contributed by atoms with Crippen molar-refractivity contribution in [3.8, 4) is 0 Å². The van der Waals surface area contributed by atoms with Gasteiger partial charge < -0.3 is 5.32 Å². The fraction of sp³-hybridized carbons (Fsp3) is 0.500. The minimum Gasteiger partial charge on any atom is -0.314 e. The number of benzene rings is 1. The van der Waals surface area contributed by atoms with E-state index in [2.05, 4.69) is 10.0 Å². The van der Waals surface area contributed by atoms with E-state index in [-0.39, 0.29) is 0 Å². The third-order valence-electron chi connectivity index (χ3n) is 2.93. The van der Waals surface area contributed by atoms with Crippen molar-refractivity contribution in [1.82, 2.24) is 10.0 Å². The lowest BCUT2D eigenvalue weighted by Crippen LogP contribution is -2.20. The first-order chi connectivity index (χ1) is 8.12. The molecule has 94 valence electrons. The Labute approximate surface area is 102 Å². The van der Waals surface area contributed by atoms with Crippen LogP contribution in [0.25, 0.3) is 0 Å². The highest BCUT2D eigenvalue weighted by molar-refractivity contribution is 7.89. The maximum atomic E-state index is 11.5. The molecule has 5 heteroatoms. The maximum Gasteiger partial charge on any atom is 0.240 e. The van der Waals surface area contributed by atoms with Gasteiger partial charge in [-0.25, -0.2) is 13.1 Å². The monoisotopic (exact) mass is 254 g/mol. The summed E-state index contributed by atoms with van der Waals surface area (Å²) >= 11 is 0. The molecule has 0 aromatic heterocycles. The van der Waals surface area contributed by atoms with Crippen molar-refractivity contribution >= 4 is 10.0 Å². The summed E-state index contributed by atoms with van der Waals surface area (Å²) < 4.78 is 25.3. The zero-order valence-corrected chi connectivity index (χ0v) is 10.8. The SMILES string of the molecule is CNS(=O)(=O)c1ccc(CCNC2CC2)cc1. The van der Waals surface area contributed by atoms with Gasteiger partial charge in [0.1, 0.15) is 0 Å². The lowest BCUT2D eigenvalue weighted by atomic mass is 10.1. The highest BCUT2D eigenvalue weighted by Crippen LogP contribution is 2.18. The van der Waals surface area contributed by atoms with E-state index in [9.17, 15) is 8.42 Å². The molecule has 4 nitrogen and oxygen atoms in total. The molecule has 0 radical (unpaired) electrons. The van der Waals surface area contributed by atoms with Crippen molar-refractivity contribution in [2.75, 3.05) is 13.6 Å². The minimum absolute atomic E-state index is 0.318. The van der Waals surface area contributed by atoms with Crippen LogP contribution in [-0.2, 0) is 16.4 Å². The van der Waals surface area contributed by atoms with Gasteiger partial charge in [-0.15, -0.1) is 0 Å². The molecule has 2 N–H and O–H groups in total. The van der Waals surface area contributed by atoms with Crippen LogP contribution in [-0.4, -0.2) is 28.1 Å². The van der Waals surface area contributed by atoms with Crippen LogP contribution in [0, 0.1) is 0 Å². The first kappa shape index (κ1) is 12.5. The summed E-state index contributed by atoms with van der Waals surface area (Å²) in [5.41, 5.74) is 1.16. The molecule has 0 heterocycles. The molecule has 0 amide bonds. The van der Waals surface area contributed by atoms with Gasteiger partial charge in [-0.2, -0.15) is 0 Å². The van der Waals surface area contributed by atoms with Crippen LogP contribution in [0.3, 0.4) is 0 Å². The lowest BCUT2D eigenvalue weighted by molar-refractivity contribution is 0.588. The molecule has 1 saturated carbocycles. The minimum atomic E-state index is -3.30. The highest BCUT2D eigenvalue weighted by Gasteiger charge is 2.19. The van der Waals surface area contributed by atoms with Crippen LogP contribution >= 0.6 is 0 Å². The summed E-state index contributed by atoms with van der Waals surface area (Å²) in [5, 5.41) is 3.43. The summed E-state index contributed by atoms with van der Waals surface area (Å²) in [4.78, 5) is 0.318. The van der Waals surface area contributed by atoms with Crippen molar-refractivity contribution in [1.29, 1.82) is 0 Å². The molecule has 0 bridgehead atoms. The second-order valence-electron chi connectivity index (χ2n) is 4.33. The molecule has 17 heavy (non-hydrogen) atoms. The Kier molecular flexibility index (Phi) is 3.81. The second kappa shape index (κ2) is 5.16. The fourth-order valence-electron chi connectivity index (χ4n) is 1.66. The zero-order chi connectivity index (χ0) is 12.3. The number of rotatable bonds is 6. The Morgan fingerprint density at radius 2 is 1.88 bits per heavy atom. The van der Waals surface area contributed by atoms with Gasteiger partial charge in [0.05, 0.1) is 4.90 Å². The van der Waals surface area contributed by atoms with Gasteiger partial charge in [-0.05, 0) is 50.6 Å². The van der Waals surface area contributed by atoms with E-state index >= 15 is 0 Å². The Morgan fingerprint density at radius 3 is 2.41 bits per heavy atom. The van der Waals surface area contributed by atoms with Crippen LogP contribution in [0.4, 0.5) is 0 Å². The van der Waals surface area contributed by atoms with E-state index in [1.165, 1.54) is 19.9 Å². The zero-order valence-electron chi connectivity index (χ0n) is 9.94. The molecule has 0 aliphatic heterocycles. The topological polar surface area (TPSA) is 58.2 Å². The van der Waals surface area contributed by atoms with Crippen LogP contribution in [0.1, 0.15) is 18.4 Å². The molecule has 0 atom stereocenters. The first-order valence-corrected chi connectivity index (χ1v) is 7.36. The average molecular weight is 254 g/mol. The van der Waals surface area contributed by atoms with E-state index in [1.54, 1.807) is 12.1 Å². The fourth-order valence-corrected chi connectivity index (χ4v) is 2.39. The van der Waals surface area contributed by atoms with E-state index in [1.807, 2.05) is 12.1 Å². The van der Waals surface area contributed by atoms with Crippen LogP contribution in [0.5, 0.6) is 0 Å². The molecule has 0 unspecified atom stereocenters. The normalized spacial score (nSPS) is 16.1. The van der Waals surface area contributed by atoms with E-state index in [0.717, 1.165) is 24.6 Å². The average Bonchev–Trinajstić information content (AvgIpc) is 3.14. The van der Waals surface area contributed by atoms with Crippen molar-refractivity contribution in [2.24, 2.45) is 0 Å². The van der Waals surface area contributed by atoms with Gasteiger partial charge in [0.15, 0.2) is 0 Å². The van der Waals surface area contributed by atoms with Gasteiger partial charge in [0.25, 0.3) is 0 Å². The van der Waals surface area contributed by atoms with Gasteiger partial charge in [0.2, 0.25) is 10.0 Å². The molecule has 1 aliphatic carbocycles. The predicted octanol–water partition coefficient (Wildman–Crippen LogP) is 0.889. The standard InChI is InChI=1S/C12H18N2O2S/c1-13-17(15,16)12-6-2-10(3-7-12)8-9-14-11-4-5-11/h2-3,6-7,11,13-14H,4-5,8-9H2,1H3. The third-order valence-corrected chi connectivity index (χ3v) is 4.36. The summed E-state index contributed by atoms with van der Waals surface area (Å²) in [6.07, 6.45) is 3.52. The van der Waals surface area contributed by atoms with Crippen molar-refractivity contribution in [3.63, 3.8) is 0 Å². The summed E-state index contributed by atoms with van der Waals surface area (Å²) in [5.74, 6) is 0.